The Kier molecular flexibility index (Phi) is 3.79. The van der Waals surface area contributed by atoms with Gasteiger partial charge in [-0.25, -0.2) is 9.97 Å². The predicted molar refractivity (Wildman–Crippen MR) is 81.0 cm³/mol. The highest BCUT2D eigenvalue weighted by molar-refractivity contribution is 5.86. The molecule has 0 amide bonds. The summed E-state index contributed by atoms with van der Waals surface area (Å²) in [4.78, 5) is 10.6. The summed E-state index contributed by atoms with van der Waals surface area (Å²) in [5.74, 6) is 0.802. The van der Waals surface area contributed by atoms with Gasteiger partial charge in [0, 0.05) is 13.7 Å². The fraction of sp³-hybridized carbons (Fsp3) is 0.267. The summed E-state index contributed by atoms with van der Waals surface area (Å²) >= 11 is 0. The minimum Gasteiger partial charge on any atom is -0.396 e. The fourth-order valence-electron chi connectivity index (χ4n) is 2.56. The number of hydrogen-bond acceptors (Lipinski definition) is 5. The zero-order valence-corrected chi connectivity index (χ0v) is 11.8. The lowest BCUT2D eigenvalue weighted by Gasteiger charge is -2.29. The van der Waals surface area contributed by atoms with Crippen LogP contribution in [0.4, 0.5) is 5.82 Å². The van der Waals surface area contributed by atoms with Crippen molar-refractivity contribution >= 4 is 16.9 Å². The topological polar surface area (TPSA) is 77.9 Å². The van der Waals surface area contributed by atoms with E-state index < -0.39 is 0 Å². The first kappa shape index (κ1) is 13.5. The first-order valence-corrected chi connectivity index (χ1v) is 6.84. The van der Waals surface area contributed by atoms with Gasteiger partial charge in [-0.15, -0.1) is 0 Å². The van der Waals surface area contributed by atoms with E-state index in [1.807, 2.05) is 25.2 Å². The Labute approximate surface area is 122 Å². The van der Waals surface area contributed by atoms with Crippen molar-refractivity contribution in [2.24, 2.45) is 0 Å². The Bertz CT molecular complexity index is 712. The van der Waals surface area contributed by atoms with Gasteiger partial charge >= 0.3 is 0 Å². The van der Waals surface area contributed by atoms with Gasteiger partial charge in [0.25, 0.3) is 0 Å². The zero-order valence-electron chi connectivity index (χ0n) is 11.8. The molecule has 1 atom stereocenters. The molecule has 2 aromatic heterocycles. The molecular formula is C15H17N5O. The van der Waals surface area contributed by atoms with Crippen molar-refractivity contribution in [3.8, 4) is 0 Å². The highest BCUT2D eigenvalue weighted by atomic mass is 16.3. The Morgan fingerprint density at radius 2 is 2.05 bits per heavy atom. The number of aliphatic hydroxyl groups excluding tert-OH is 1. The van der Waals surface area contributed by atoms with E-state index in [1.165, 1.54) is 6.33 Å². The van der Waals surface area contributed by atoms with E-state index in [4.69, 9.17) is 0 Å². The number of aromatic amines is 1. The molecule has 108 valence electrons. The molecule has 2 N–H and O–H groups in total. The molecule has 1 aromatic carbocycles. The summed E-state index contributed by atoms with van der Waals surface area (Å²) < 4.78 is 0. The van der Waals surface area contributed by atoms with E-state index in [-0.39, 0.29) is 12.6 Å². The molecule has 21 heavy (non-hydrogen) atoms. The van der Waals surface area contributed by atoms with Crippen molar-refractivity contribution < 1.29 is 5.11 Å². The fourth-order valence-corrected chi connectivity index (χ4v) is 2.56. The number of fused-ring (bicyclic) bond motifs is 1. The number of anilines is 1. The number of H-pyrrole nitrogens is 1. The molecule has 0 fully saturated rings. The van der Waals surface area contributed by atoms with E-state index in [0.717, 1.165) is 16.8 Å². The number of hydrogen-bond donors (Lipinski definition) is 2. The van der Waals surface area contributed by atoms with Crippen LogP contribution in [0.1, 0.15) is 18.0 Å². The second kappa shape index (κ2) is 5.88. The lowest BCUT2D eigenvalue weighted by Crippen LogP contribution is -2.26. The molecule has 0 bridgehead atoms. The van der Waals surface area contributed by atoms with Crippen molar-refractivity contribution in [1.82, 2.24) is 20.2 Å². The minimum atomic E-state index is 0.0456. The van der Waals surface area contributed by atoms with Crippen LogP contribution in [0.2, 0.25) is 0 Å². The summed E-state index contributed by atoms with van der Waals surface area (Å²) in [6.07, 6.45) is 3.87. The van der Waals surface area contributed by atoms with Gasteiger partial charge < -0.3 is 10.0 Å². The molecule has 0 saturated carbocycles. The first-order valence-electron chi connectivity index (χ1n) is 6.84. The van der Waals surface area contributed by atoms with Crippen molar-refractivity contribution in [2.45, 2.75) is 12.5 Å². The summed E-state index contributed by atoms with van der Waals surface area (Å²) in [6, 6.07) is 10.2. The molecule has 0 saturated heterocycles. The van der Waals surface area contributed by atoms with Crippen LogP contribution in [0.25, 0.3) is 11.0 Å². The summed E-state index contributed by atoms with van der Waals surface area (Å²) in [5.41, 5.74) is 1.85. The van der Waals surface area contributed by atoms with E-state index >= 15 is 0 Å². The maximum atomic E-state index is 9.39. The molecular weight excluding hydrogens is 266 g/mol. The summed E-state index contributed by atoms with van der Waals surface area (Å²) in [5, 5.41) is 17.1. The Morgan fingerprint density at radius 3 is 2.81 bits per heavy atom. The second-order valence-electron chi connectivity index (χ2n) is 4.88. The van der Waals surface area contributed by atoms with Gasteiger partial charge in [0.15, 0.2) is 5.65 Å². The Balaban J connectivity index is 2.01. The van der Waals surface area contributed by atoms with E-state index in [1.54, 1.807) is 6.20 Å². The molecule has 3 aromatic rings. The number of aromatic nitrogens is 4. The van der Waals surface area contributed by atoms with E-state index in [2.05, 4.69) is 37.2 Å². The average molecular weight is 283 g/mol. The van der Waals surface area contributed by atoms with E-state index in [9.17, 15) is 5.11 Å². The third kappa shape index (κ3) is 2.57. The average Bonchev–Trinajstić information content (AvgIpc) is 3.01. The lowest BCUT2D eigenvalue weighted by atomic mass is 10.0. The van der Waals surface area contributed by atoms with Crippen molar-refractivity contribution in [1.29, 1.82) is 0 Å². The molecule has 3 rings (SSSR count). The van der Waals surface area contributed by atoms with Gasteiger partial charge in [-0.3, -0.25) is 5.10 Å². The molecule has 0 aliphatic carbocycles. The first-order chi connectivity index (χ1) is 10.3. The van der Waals surface area contributed by atoms with Crippen LogP contribution < -0.4 is 4.90 Å². The Hall–Kier alpha value is -2.47. The molecule has 0 radical (unpaired) electrons. The number of rotatable bonds is 5. The molecule has 1 unspecified atom stereocenters. The van der Waals surface area contributed by atoms with Crippen molar-refractivity contribution in [2.75, 3.05) is 18.6 Å². The highest BCUT2D eigenvalue weighted by Gasteiger charge is 2.20. The predicted octanol–water partition coefficient (Wildman–Crippen LogP) is 1.91. The Morgan fingerprint density at radius 1 is 1.24 bits per heavy atom. The zero-order chi connectivity index (χ0) is 14.7. The van der Waals surface area contributed by atoms with Crippen LogP contribution in [0, 0.1) is 0 Å². The van der Waals surface area contributed by atoms with Crippen LogP contribution in [0.15, 0.2) is 42.9 Å². The van der Waals surface area contributed by atoms with Gasteiger partial charge in [-0.2, -0.15) is 5.10 Å². The quantitative estimate of drug-likeness (QED) is 0.748. The number of nitrogens with one attached hydrogen (secondary N) is 1. The molecule has 0 spiro atoms. The van der Waals surface area contributed by atoms with Gasteiger partial charge in [-0.1, -0.05) is 30.3 Å². The summed E-state index contributed by atoms with van der Waals surface area (Å²) in [6.45, 7) is 0.115. The minimum absolute atomic E-state index is 0.0456. The molecule has 6 nitrogen and oxygen atoms in total. The van der Waals surface area contributed by atoms with Crippen molar-refractivity contribution in [3.05, 3.63) is 48.4 Å². The van der Waals surface area contributed by atoms with Crippen molar-refractivity contribution in [3.63, 3.8) is 0 Å². The van der Waals surface area contributed by atoms with Crippen LogP contribution in [0.5, 0.6) is 0 Å². The van der Waals surface area contributed by atoms with Crippen LogP contribution in [-0.2, 0) is 0 Å². The maximum absolute atomic E-state index is 9.39. The third-order valence-electron chi connectivity index (χ3n) is 3.62. The number of benzene rings is 1. The van der Waals surface area contributed by atoms with Gasteiger partial charge in [0.1, 0.15) is 12.1 Å². The van der Waals surface area contributed by atoms with Gasteiger partial charge in [-0.05, 0) is 12.0 Å². The molecule has 2 heterocycles. The van der Waals surface area contributed by atoms with Gasteiger partial charge in [0.2, 0.25) is 0 Å². The SMILES string of the molecule is CN(c1ncnc2[nH]ncc12)C(CCO)c1ccccc1. The van der Waals surface area contributed by atoms with Crippen LogP contribution in [-0.4, -0.2) is 38.9 Å². The highest BCUT2D eigenvalue weighted by Crippen LogP contribution is 2.30. The maximum Gasteiger partial charge on any atom is 0.160 e. The van der Waals surface area contributed by atoms with Crippen LogP contribution >= 0.6 is 0 Å². The molecule has 0 aliphatic rings. The van der Waals surface area contributed by atoms with Gasteiger partial charge in [0.05, 0.1) is 17.6 Å². The smallest absolute Gasteiger partial charge is 0.160 e. The second-order valence-corrected chi connectivity index (χ2v) is 4.88. The summed E-state index contributed by atoms with van der Waals surface area (Å²) in [7, 11) is 1.97. The van der Waals surface area contributed by atoms with Crippen LogP contribution in [0.3, 0.4) is 0 Å². The van der Waals surface area contributed by atoms with E-state index in [0.29, 0.717) is 12.1 Å². The molecule has 0 aliphatic heterocycles. The molecule has 6 heteroatoms. The lowest BCUT2D eigenvalue weighted by molar-refractivity contribution is 0.274. The monoisotopic (exact) mass is 283 g/mol. The largest absolute Gasteiger partial charge is 0.396 e. The number of nitrogens with zero attached hydrogens (tertiary/aromatic N) is 4. The standard InChI is InChI=1S/C15H17N5O/c1-20(13(7-8-21)11-5-3-2-4-6-11)15-12-9-18-19-14(12)16-10-17-15/h2-6,9-10,13,21H,7-8H2,1H3,(H,16,17,18,19). The normalized spacial score (nSPS) is 12.5. The number of aliphatic hydroxyl groups is 1. The third-order valence-corrected chi connectivity index (χ3v) is 3.62.